The van der Waals surface area contributed by atoms with Gasteiger partial charge in [-0.1, -0.05) is 5.21 Å². The highest BCUT2D eigenvalue weighted by Gasteiger charge is 2.43. The third-order valence-corrected chi connectivity index (χ3v) is 2.22. The molecule has 3 N–H and O–H groups in total. The summed E-state index contributed by atoms with van der Waals surface area (Å²) in [7, 11) is 0. The summed E-state index contributed by atoms with van der Waals surface area (Å²) >= 11 is 0. The topological polar surface area (TPSA) is 101 Å². The van der Waals surface area contributed by atoms with Crippen LogP contribution in [0.5, 0.6) is 0 Å². The number of hydrogen-bond acceptors (Lipinski definition) is 6. The maximum absolute atomic E-state index is 9.56. The highest BCUT2D eigenvalue weighted by atomic mass is 16.6. The van der Waals surface area contributed by atoms with Crippen molar-refractivity contribution >= 4 is 0 Å². The van der Waals surface area contributed by atoms with Crippen LogP contribution in [-0.2, 0) is 4.74 Å². The molecule has 0 radical (unpaired) electrons. The van der Waals surface area contributed by atoms with Gasteiger partial charge in [0.2, 0.25) is 0 Å². The molecule has 4 atom stereocenters. The Morgan fingerprint density at radius 2 is 2.14 bits per heavy atom. The molecule has 7 nitrogen and oxygen atoms in total. The second kappa shape index (κ2) is 3.62. The molecule has 14 heavy (non-hydrogen) atoms. The standard InChI is InChI=1S/C7H11N3O4/c11-3-4-5(12)6(13)7(14-4)10-2-1-8-9-10/h1-2,4-7,11-13H,3H2/t4-,5+,6?,7-/m1/s1. The Bertz CT molecular complexity index is 291. The zero-order valence-electron chi connectivity index (χ0n) is 7.26. The van der Waals surface area contributed by atoms with Crippen LogP contribution in [0.25, 0.3) is 0 Å². The molecule has 0 bridgehead atoms. The molecule has 1 fully saturated rings. The molecule has 1 unspecified atom stereocenters. The Morgan fingerprint density at radius 1 is 1.36 bits per heavy atom. The zero-order valence-corrected chi connectivity index (χ0v) is 7.26. The van der Waals surface area contributed by atoms with E-state index in [1.807, 2.05) is 0 Å². The minimum atomic E-state index is -1.10. The average Bonchev–Trinajstić information content (AvgIpc) is 2.78. The lowest BCUT2D eigenvalue weighted by Crippen LogP contribution is -2.33. The van der Waals surface area contributed by atoms with Crippen molar-refractivity contribution in [1.82, 2.24) is 15.0 Å². The first kappa shape index (κ1) is 9.53. The normalized spacial score (nSPS) is 37.6. The van der Waals surface area contributed by atoms with Crippen molar-refractivity contribution in [2.45, 2.75) is 24.5 Å². The average molecular weight is 201 g/mol. The lowest BCUT2D eigenvalue weighted by Gasteiger charge is -2.13. The number of nitrogens with zero attached hydrogens (tertiary/aromatic N) is 3. The van der Waals surface area contributed by atoms with E-state index in [1.165, 1.54) is 17.1 Å². The van der Waals surface area contributed by atoms with E-state index >= 15 is 0 Å². The Labute approximate surface area is 79.5 Å². The van der Waals surface area contributed by atoms with Crippen LogP contribution >= 0.6 is 0 Å². The summed E-state index contributed by atoms with van der Waals surface area (Å²) in [5, 5.41) is 35.0. The fourth-order valence-corrected chi connectivity index (χ4v) is 1.45. The summed E-state index contributed by atoms with van der Waals surface area (Å²) < 4.78 is 6.49. The van der Waals surface area contributed by atoms with E-state index < -0.39 is 24.5 Å². The van der Waals surface area contributed by atoms with Crippen molar-refractivity contribution in [3.8, 4) is 0 Å². The van der Waals surface area contributed by atoms with E-state index in [1.54, 1.807) is 0 Å². The summed E-state index contributed by atoms with van der Waals surface area (Å²) in [6.45, 7) is -0.344. The minimum Gasteiger partial charge on any atom is -0.394 e. The van der Waals surface area contributed by atoms with Crippen LogP contribution in [0, 0.1) is 0 Å². The van der Waals surface area contributed by atoms with Crippen LogP contribution in [0.3, 0.4) is 0 Å². The molecule has 0 saturated carbocycles. The summed E-state index contributed by atoms with van der Waals surface area (Å²) in [4.78, 5) is 0. The predicted molar refractivity (Wildman–Crippen MR) is 43.0 cm³/mol. The van der Waals surface area contributed by atoms with Gasteiger partial charge in [0.15, 0.2) is 6.23 Å². The Hall–Kier alpha value is -1.02. The fraction of sp³-hybridized carbons (Fsp3) is 0.714. The first-order valence-corrected chi connectivity index (χ1v) is 4.22. The van der Waals surface area contributed by atoms with Crippen LogP contribution in [0.4, 0.5) is 0 Å². The summed E-state index contributed by atoms with van der Waals surface area (Å²) in [5.74, 6) is 0. The quantitative estimate of drug-likeness (QED) is 0.506. The van der Waals surface area contributed by atoms with Gasteiger partial charge in [-0.25, -0.2) is 4.68 Å². The number of aliphatic hydroxyl groups excluding tert-OH is 3. The Kier molecular flexibility index (Phi) is 2.46. The van der Waals surface area contributed by atoms with Gasteiger partial charge in [0.25, 0.3) is 0 Å². The van der Waals surface area contributed by atoms with Gasteiger partial charge in [-0.15, -0.1) is 5.10 Å². The highest BCUT2D eigenvalue weighted by molar-refractivity contribution is 4.88. The Balaban J connectivity index is 2.16. The number of aliphatic hydroxyl groups is 3. The van der Waals surface area contributed by atoms with Crippen molar-refractivity contribution in [2.75, 3.05) is 6.61 Å². The summed E-state index contributed by atoms with van der Waals surface area (Å²) in [6, 6.07) is 0. The van der Waals surface area contributed by atoms with Crippen LogP contribution < -0.4 is 0 Å². The Morgan fingerprint density at radius 3 is 2.64 bits per heavy atom. The third-order valence-electron chi connectivity index (χ3n) is 2.22. The van der Waals surface area contributed by atoms with Gasteiger partial charge in [0.05, 0.1) is 12.8 Å². The molecule has 1 saturated heterocycles. The van der Waals surface area contributed by atoms with Gasteiger partial charge < -0.3 is 20.1 Å². The number of ether oxygens (including phenoxy) is 1. The maximum atomic E-state index is 9.56. The molecule has 2 heterocycles. The van der Waals surface area contributed by atoms with E-state index in [0.29, 0.717) is 0 Å². The first-order chi connectivity index (χ1) is 6.74. The van der Waals surface area contributed by atoms with Crippen molar-refractivity contribution in [3.05, 3.63) is 12.4 Å². The predicted octanol–water partition coefficient (Wildman–Crippen LogP) is -2.11. The van der Waals surface area contributed by atoms with Gasteiger partial charge in [0.1, 0.15) is 18.3 Å². The molecule has 0 spiro atoms. The molecular formula is C7H11N3O4. The van der Waals surface area contributed by atoms with Gasteiger partial charge in [-0.2, -0.15) is 0 Å². The van der Waals surface area contributed by atoms with Crippen molar-refractivity contribution in [1.29, 1.82) is 0 Å². The van der Waals surface area contributed by atoms with Crippen molar-refractivity contribution in [3.63, 3.8) is 0 Å². The SMILES string of the molecule is OC[C@H]1O[C@@H](n2ccnn2)C(O)[C@H]1O. The van der Waals surface area contributed by atoms with Gasteiger partial charge >= 0.3 is 0 Å². The summed E-state index contributed by atoms with van der Waals surface area (Å²) in [6.07, 6.45) is -0.818. The van der Waals surface area contributed by atoms with E-state index in [-0.39, 0.29) is 6.61 Å². The van der Waals surface area contributed by atoms with Crippen molar-refractivity contribution < 1.29 is 20.1 Å². The second-order valence-corrected chi connectivity index (χ2v) is 3.11. The van der Waals surface area contributed by atoms with Gasteiger partial charge in [-0.05, 0) is 0 Å². The van der Waals surface area contributed by atoms with Gasteiger partial charge in [-0.3, -0.25) is 0 Å². The smallest absolute Gasteiger partial charge is 0.180 e. The molecule has 0 aliphatic carbocycles. The molecule has 0 amide bonds. The summed E-state index contributed by atoms with van der Waals surface area (Å²) in [5.41, 5.74) is 0. The number of hydrogen-bond donors (Lipinski definition) is 3. The molecular weight excluding hydrogens is 190 g/mol. The van der Waals surface area contributed by atoms with Gasteiger partial charge in [0, 0.05) is 6.20 Å². The van der Waals surface area contributed by atoms with Crippen LogP contribution in [0.15, 0.2) is 12.4 Å². The molecule has 1 aliphatic heterocycles. The minimum absolute atomic E-state index is 0.344. The van der Waals surface area contributed by atoms with Crippen LogP contribution in [0.1, 0.15) is 6.23 Å². The molecule has 78 valence electrons. The molecule has 7 heteroatoms. The first-order valence-electron chi connectivity index (χ1n) is 4.22. The molecule has 2 rings (SSSR count). The van der Waals surface area contributed by atoms with Crippen molar-refractivity contribution in [2.24, 2.45) is 0 Å². The van der Waals surface area contributed by atoms with E-state index in [0.717, 1.165) is 0 Å². The second-order valence-electron chi connectivity index (χ2n) is 3.11. The highest BCUT2D eigenvalue weighted by Crippen LogP contribution is 2.27. The molecule has 1 aliphatic rings. The molecule has 1 aromatic heterocycles. The third kappa shape index (κ3) is 1.40. The lowest BCUT2D eigenvalue weighted by atomic mass is 10.1. The zero-order chi connectivity index (χ0) is 10.1. The molecule has 1 aromatic rings. The lowest BCUT2D eigenvalue weighted by molar-refractivity contribution is -0.0594. The van der Waals surface area contributed by atoms with Crippen LogP contribution in [0.2, 0.25) is 0 Å². The van der Waals surface area contributed by atoms with E-state index in [2.05, 4.69) is 10.3 Å². The monoisotopic (exact) mass is 201 g/mol. The maximum Gasteiger partial charge on any atom is 0.180 e. The van der Waals surface area contributed by atoms with E-state index in [9.17, 15) is 10.2 Å². The van der Waals surface area contributed by atoms with E-state index in [4.69, 9.17) is 9.84 Å². The number of rotatable bonds is 2. The number of aromatic nitrogens is 3. The largest absolute Gasteiger partial charge is 0.394 e. The fourth-order valence-electron chi connectivity index (χ4n) is 1.45. The molecule has 0 aromatic carbocycles. The van der Waals surface area contributed by atoms with Crippen LogP contribution in [-0.4, -0.2) is 55.2 Å².